The summed E-state index contributed by atoms with van der Waals surface area (Å²) in [5.74, 6) is 1.47. The van der Waals surface area contributed by atoms with Crippen LogP contribution in [0.25, 0.3) is 0 Å². The molecule has 4 heteroatoms. The number of rotatable bonds is 3. The van der Waals surface area contributed by atoms with Crippen molar-refractivity contribution in [1.82, 2.24) is 10.2 Å². The van der Waals surface area contributed by atoms with Gasteiger partial charge in [0.1, 0.15) is 0 Å². The Kier molecular flexibility index (Phi) is 4.14. The van der Waals surface area contributed by atoms with Crippen molar-refractivity contribution in [2.45, 2.75) is 37.4 Å². The lowest BCUT2D eigenvalue weighted by Gasteiger charge is -2.36. The maximum atomic E-state index is 12.6. The Hall–Kier alpha value is -0.220. The van der Waals surface area contributed by atoms with E-state index >= 15 is 0 Å². The average molecular weight is 242 g/mol. The molecule has 0 aromatic carbocycles. The molecule has 1 N–H and O–H groups in total. The van der Waals surface area contributed by atoms with Crippen LogP contribution in [-0.4, -0.2) is 47.5 Å². The van der Waals surface area contributed by atoms with Crippen LogP contribution in [0.15, 0.2) is 0 Å². The van der Waals surface area contributed by atoms with Gasteiger partial charge in [-0.05, 0) is 18.6 Å². The second kappa shape index (κ2) is 5.41. The summed E-state index contributed by atoms with van der Waals surface area (Å²) < 4.78 is -0.0634. The molecule has 1 saturated heterocycles. The number of carbonyl (C=O) groups is 1. The molecule has 1 aliphatic carbocycles. The molecule has 0 atom stereocenters. The maximum Gasteiger partial charge on any atom is 0.238 e. The van der Waals surface area contributed by atoms with E-state index in [-0.39, 0.29) is 4.75 Å². The van der Waals surface area contributed by atoms with Crippen molar-refractivity contribution in [1.29, 1.82) is 0 Å². The fourth-order valence-electron chi connectivity index (χ4n) is 2.80. The Morgan fingerprint density at radius 2 is 1.94 bits per heavy atom. The van der Waals surface area contributed by atoms with Crippen molar-refractivity contribution in [3.8, 4) is 0 Å². The molecule has 1 aliphatic heterocycles. The highest BCUT2D eigenvalue weighted by atomic mass is 32.2. The Labute approximate surface area is 102 Å². The summed E-state index contributed by atoms with van der Waals surface area (Å²) >= 11 is 1.88. The molecule has 2 fully saturated rings. The van der Waals surface area contributed by atoms with Gasteiger partial charge in [0.2, 0.25) is 5.91 Å². The highest BCUT2D eigenvalue weighted by molar-refractivity contribution is 8.01. The molecule has 3 nitrogen and oxygen atoms in total. The molecule has 0 aromatic heterocycles. The largest absolute Gasteiger partial charge is 0.339 e. The van der Waals surface area contributed by atoms with E-state index in [2.05, 4.69) is 17.1 Å². The van der Waals surface area contributed by atoms with Crippen LogP contribution in [0.5, 0.6) is 0 Å². The van der Waals surface area contributed by atoms with Gasteiger partial charge in [0, 0.05) is 26.2 Å². The highest BCUT2D eigenvalue weighted by Gasteiger charge is 2.43. The van der Waals surface area contributed by atoms with Gasteiger partial charge in [0.25, 0.3) is 0 Å². The number of nitrogens with zero attached hydrogens (tertiary/aromatic N) is 1. The van der Waals surface area contributed by atoms with Crippen LogP contribution in [0.3, 0.4) is 0 Å². The molecule has 16 heavy (non-hydrogen) atoms. The first-order chi connectivity index (χ1) is 7.78. The van der Waals surface area contributed by atoms with Crippen LogP contribution in [-0.2, 0) is 4.79 Å². The highest BCUT2D eigenvalue weighted by Crippen LogP contribution is 2.42. The Balaban J connectivity index is 2.04. The summed E-state index contributed by atoms with van der Waals surface area (Å²) in [5.41, 5.74) is 0. The average Bonchev–Trinajstić information content (AvgIpc) is 2.80. The fourth-order valence-corrected chi connectivity index (χ4v) is 4.18. The summed E-state index contributed by atoms with van der Waals surface area (Å²) in [4.78, 5) is 14.7. The third-order valence-corrected chi connectivity index (χ3v) is 5.05. The second-order valence-corrected chi connectivity index (χ2v) is 6.32. The minimum atomic E-state index is -0.0634. The topological polar surface area (TPSA) is 32.3 Å². The molecule has 2 rings (SSSR count). The molecule has 0 radical (unpaired) electrons. The fraction of sp³-hybridized carbons (Fsp3) is 0.917. The van der Waals surface area contributed by atoms with E-state index in [9.17, 15) is 4.79 Å². The van der Waals surface area contributed by atoms with E-state index in [1.165, 1.54) is 12.8 Å². The normalized spacial score (nSPS) is 24.7. The number of amides is 1. The molecule has 1 heterocycles. The van der Waals surface area contributed by atoms with Gasteiger partial charge in [-0.25, -0.2) is 0 Å². The summed E-state index contributed by atoms with van der Waals surface area (Å²) in [7, 11) is 0. The third kappa shape index (κ3) is 2.38. The predicted molar refractivity (Wildman–Crippen MR) is 68.8 cm³/mol. The van der Waals surface area contributed by atoms with Crippen LogP contribution in [0, 0.1) is 0 Å². The number of nitrogens with one attached hydrogen (secondary N) is 1. The number of hydrogen-bond donors (Lipinski definition) is 1. The van der Waals surface area contributed by atoms with Crippen molar-refractivity contribution in [2.24, 2.45) is 0 Å². The summed E-state index contributed by atoms with van der Waals surface area (Å²) in [6.07, 6.45) is 4.64. The van der Waals surface area contributed by atoms with Crippen LogP contribution in [0.1, 0.15) is 32.6 Å². The van der Waals surface area contributed by atoms with Gasteiger partial charge in [0.15, 0.2) is 0 Å². The molecule has 0 spiro atoms. The van der Waals surface area contributed by atoms with Crippen LogP contribution in [0.4, 0.5) is 0 Å². The molecule has 2 aliphatic rings. The second-order valence-electron chi connectivity index (χ2n) is 4.68. The minimum absolute atomic E-state index is 0.0634. The van der Waals surface area contributed by atoms with Gasteiger partial charge in [0.05, 0.1) is 4.75 Å². The Bertz CT molecular complexity index is 245. The standard InChI is InChI=1S/C12H22N2OS/c1-2-16-12(5-3-4-6-12)11(15)14-9-7-13-8-10-14/h13H,2-10H2,1H3. The predicted octanol–water partition coefficient (Wildman–Crippen LogP) is 1.48. The van der Waals surface area contributed by atoms with E-state index in [0.29, 0.717) is 5.91 Å². The quantitative estimate of drug-likeness (QED) is 0.814. The first kappa shape index (κ1) is 12.2. The molecule has 92 valence electrons. The molecule has 0 aromatic rings. The van der Waals surface area contributed by atoms with Crippen LogP contribution >= 0.6 is 11.8 Å². The van der Waals surface area contributed by atoms with Gasteiger partial charge in [-0.3, -0.25) is 4.79 Å². The number of carbonyl (C=O) groups excluding carboxylic acids is 1. The first-order valence-corrected chi connectivity index (χ1v) is 7.41. The van der Waals surface area contributed by atoms with Crippen molar-refractivity contribution in [2.75, 3.05) is 31.9 Å². The molecular formula is C12H22N2OS. The number of hydrogen-bond acceptors (Lipinski definition) is 3. The monoisotopic (exact) mass is 242 g/mol. The summed E-state index contributed by atoms with van der Waals surface area (Å²) in [5, 5.41) is 3.30. The Morgan fingerprint density at radius 3 is 2.50 bits per heavy atom. The molecular weight excluding hydrogens is 220 g/mol. The summed E-state index contributed by atoms with van der Waals surface area (Å²) in [6, 6.07) is 0. The first-order valence-electron chi connectivity index (χ1n) is 6.42. The number of piperazine rings is 1. The zero-order chi connectivity index (χ0) is 11.4. The lowest BCUT2D eigenvalue weighted by molar-refractivity contribution is -0.134. The van der Waals surface area contributed by atoms with Gasteiger partial charge < -0.3 is 10.2 Å². The Morgan fingerprint density at radius 1 is 1.31 bits per heavy atom. The zero-order valence-electron chi connectivity index (χ0n) is 10.1. The summed E-state index contributed by atoms with van der Waals surface area (Å²) in [6.45, 7) is 5.86. The minimum Gasteiger partial charge on any atom is -0.339 e. The van der Waals surface area contributed by atoms with Crippen LogP contribution in [0.2, 0.25) is 0 Å². The van der Waals surface area contributed by atoms with Crippen molar-refractivity contribution in [3.05, 3.63) is 0 Å². The smallest absolute Gasteiger partial charge is 0.238 e. The van der Waals surface area contributed by atoms with E-state index < -0.39 is 0 Å². The maximum absolute atomic E-state index is 12.6. The lowest BCUT2D eigenvalue weighted by atomic mass is 10.0. The van der Waals surface area contributed by atoms with Gasteiger partial charge >= 0.3 is 0 Å². The molecule has 0 unspecified atom stereocenters. The van der Waals surface area contributed by atoms with Crippen LogP contribution < -0.4 is 5.32 Å². The molecule has 1 saturated carbocycles. The van der Waals surface area contributed by atoms with Crippen molar-refractivity contribution < 1.29 is 4.79 Å². The van der Waals surface area contributed by atoms with E-state index in [1.54, 1.807) is 0 Å². The van der Waals surface area contributed by atoms with Crippen molar-refractivity contribution >= 4 is 17.7 Å². The van der Waals surface area contributed by atoms with Gasteiger partial charge in [-0.2, -0.15) is 0 Å². The van der Waals surface area contributed by atoms with E-state index in [0.717, 1.165) is 44.8 Å². The van der Waals surface area contributed by atoms with Gasteiger partial charge in [-0.15, -0.1) is 11.8 Å². The van der Waals surface area contributed by atoms with E-state index in [1.807, 2.05) is 11.8 Å². The SMILES string of the molecule is CCSC1(C(=O)N2CCNCC2)CCCC1. The van der Waals surface area contributed by atoms with Gasteiger partial charge in [-0.1, -0.05) is 19.8 Å². The third-order valence-electron chi connectivity index (χ3n) is 3.63. The lowest BCUT2D eigenvalue weighted by Crippen LogP contribution is -2.53. The zero-order valence-corrected chi connectivity index (χ0v) is 10.9. The van der Waals surface area contributed by atoms with E-state index in [4.69, 9.17) is 0 Å². The number of thioether (sulfide) groups is 1. The molecule has 1 amide bonds. The van der Waals surface area contributed by atoms with Crippen molar-refractivity contribution in [3.63, 3.8) is 0 Å². The molecule has 0 bridgehead atoms.